The van der Waals surface area contributed by atoms with E-state index >= 15 is 0 Å². The topological polar surface area (TPSA) is 96.6 Å². The van der Waals surface area contributed by atoms with Gasteiger partial charge in [0.05, 0.1) is 17.7 Å². The minimum absolute atomic E-state index is 0.108. The number of amides is 3. The largest absolute Gasteiger partial charge is 0.339 e. The standard InChI is InChI=1S/C22H24N4O3/c1-14(23)16-6-10-25(11-7-16)20(27)17-2-3-18-19(12-17)22(29)26(21(18)28)13-15-4-8-24-9-5-15/h2-5,8-9,12,14,16H,6-7,10-11,13,23H2,1H3. The Kier molecular flexibility index (Phi) is 5.15. The first kappa shape index (κ1) is 19.3. The normalized spacial score (nSPS) is 18.1. The zero-order valence-corrected chi connectivity index (χ0v) is 16.4. The third kappa shape index (κ3) is 3.65. The molecule has 0 aliphatic carbocycles. The van der Waals surface area contributed by atoms with E-state index in [0.29, 0.717) is 35.7 Å². The average molecular weight is 392 g/mol. The predicted octanol–water partition coefficient (Wildman–Crippen LogP) is 2.08. The zero-order chi connectivity index (χ0) is 20.5. The number of benzene rings is 1. The van der Waals surface area contributed by atoms with Crippen LogP contribution in [0.4, 0.5) is 0 Å². The molecule has 1 saturated heterocycles. The lowest BCUT2D eigenvalue weighted by Gasteiger charge is -2.33. The Morgan fingerprint density at radius 2 is 1.76 bits per heavy atom. The number of piperidine rings is 1. The fourth-order valence-corrected chi connectivity index (χ4v) is 4.05. The maximum Gasteiger partial charge on any atom is 0.261 e. The van der Waals surface area contributed by atoms with E-state index in [1.807, 2.05) is 6.92 Å². The van der Waals surface area contributed by atoms with E-state index in [1.54, 1.807) is 47.6 Å². The number of fused-ring (bicyclic) bond motifs is 1. The molecule has 0 radical (unpaired) electrons. The quantitative estimate of drug-likeness (QED) is 0.804. The minimum Gasteiger partial charge on any atom is -0.339 e. The van der Waals surface area contributed by atoms with Crippen molar-refractivity contribution in [1.29, 1.82) is 0 Å². The number of pyridine rings is 1. The SMILES string of the molecule is CC(N)C1CCN(C(=O)c2ccc3c(c2)C(=O)N(Cc2ccncc2)C3=O)CC1. The maximum absolute atomic E-state index is 12.9. The second-order valence-corrected chi connectivity index (χ2v) is 7.80. The van der Waals surface area contributed by atoms with Crippen molar-refractivity contribution in [2.45, 2.75) is 32.4 Å². The Labute approximate surface area is 169 Å². The molecule has 150 valence electrons. The lowest BCUT2D eigenvalue weighted by molar-refractivity contribution is 0.0641. The molecule has 7 nitrogen and oxygen atoms in total. The van der Waals surface area contributed by atoms with Gasteiger partial charge in [-0.1, -0.05) is 0 Å². The van der Waals surface area contributed by atoms with Crippen molar-refractivity contribution >= 4 is 17.7 Å². The minimum atomic E-state index is -0.368. The molecule has 2 aliphatic heterocycles. The number of carbonyl (C=O) groups is 3. The summed E-state index contributed by atoms with van der Waals surface area (Å²) in [7, 11) is 0. The molecule has 29 heavy (non-hydrogen) atoms. The van der Waals surface area contributed by atoms with E-state index in [2.05, 4.69) is 4.98 Å². The van der Waals surface area contributed by atoms with Gasteiger partial charge in [0.15, 0.2) is 0 Å². The first-order valence-electron chi connectivity index (χ1n) is 9.89. The van der Waals surface area contributed by atoms with E-state index in [9.17, 15) is 14.4 Å². The third-order valence-corrected chi connectivity index (χ3v) is 5.88. The van der Waals surface area contributed by atoms with Crippen molar-refractivity contribution < 1.29 is 14.4 Å². The number of nitrogens with zero attached hydrogens (tertiary/aromatic N) is 3. The van der Waals surface area contributed by atoms with Crippen molar-refractivity contribution in [3.63, 3.8) is 0 Å². The first-order valence-corrected chi connectivity index (χ1v) is 9.89. The van der Waals surface area contributed by atoms with Gasteiger partial charge in [-0.05, 0) is 61.6 Å². The summed E-state index contributed by atoms with van der Waals surface area (Å²) in [4.78, 5) is 45.4. The second-order valence-electron chi connectivity index (χ2n) is 7.80. The number of imide groups is 1. The summed E-state index contributed by atoms with van der Waals surface area (Å²) in [6.45, 7) is 3.50. The highest BCUT2D eigenvalue weighted by Gasteiger charge is 2.36. The Morgan fingerprint density at radius 3 is 2.41 bits per heavy atom. The van der Waals surface area contributed by atoms with Crippen LogP contribution in [0.3, 0.4) is 0 Å². The molecule has 7 heteroatoms. The predicted molar refractivity (Wildman–Crippen MR) is 107 cm³/mol. The van der Waals surface area contributed by atoms with Crippen molar-refractivity contribution in [1.82, 2.24) is 14.8 Å². The summed E-state index contributed by atoms with van der Waals surface area (Å²) in [5.41, 5.74) is 7.87. The summed E-state index contributed by atoms with van der Waals surface area (Å²) in [5, 5.41) is 0. The van der Waals surface area contributed by atoms with Crippen molar-refractivity contribution in [3.8, 4) is 0 Å². The van der Waals surface area contributed by atoms with Crippen LogP contribution in [0.5, 0.6) is 0 Å². The second kappa shape index (κ2) is 7.75. The van der Waals surface area contributed by atoms with Crippen molar-refractivity contribution in [3.05, 3.63) is 65.0 Å². The van der Waals surface area contributed by atoms with Gasteiger partial charge >= 0.3 is 0 Å². The average Bonchev–Trinajstić information content (AvgIpc) is 2.98. The molecule has 1 atom stereocenters. The van der Waals surface area contributed by atoms with Crippen LogP contribution in [0.25, 0.3) is 0 Å². The first-order chi connectivity index (χ1) is 14.0. The molecular formula is C22H24N4O3. The van der Waals surface area contributed by atoms with Crippen LogP contribution < -0.4 is 5.73 Å². The molecule has 1 aromatic carbocycles. The van der Waals surface area contributed by atoms with Crippen LogP contribution in [0.2, 0.25) is 0 Å². The van der Waals surface area contributed by atoms with E-state index in [0.717, 1.165) is 18.4 Å². The molecule has 1 fully saturated rings. The molecular weight excluding hydrogens is 368 g/mol. The van der Waals surface area contributed by atoms with Crippen LogP contribution in [0.15, 0.2) is 42.7 Å². The van der Waals surface area contributed by atoms with Gasteiger partial charge in [0.1, 0.15) is 0 Å². The van der Waals surface area contributed by atoms with Gasteiger partial charge < -0.3 is 10.6 Å². The number of rotatable bonds is 4. The van der Waals surface area contributed by atoms with Gasteiger partial charge in [0, 0.05) is 37.1 Å². The van der Waals surface area contributed by atoms with Crippen molar-refractivity contribution in [2.75, 3.05) is 13.1 Å². The smallest absolute Gasteiger partial charge is 0.261 e. The summed E-state index contributed by atoms with van der Waals surface area (Å²) in [6, 6.07) is 8.45. The van der Waals surface area contributed by atoms with Crippen LogP contribution in [0, 0.1) is 5.92 Å². The van der Waals surface area contributed by atoms with E-state index in [4.69, 9.17) is 5.73 Å². The van der Waals surface area contributed by atoms with Gasteiger partial charge in [-0.3, -0.25) is 24.3 Å². The molecule has 0 bridgehead atoms. The highest BCUT2D eigenvalue weighted by atomic mass is 16.2. The van der Waals surface area contributed by atoms with Gasteiger partial charge in [0.25, 0.3) is 17.7 Å². The van der Waals surface area contributed by atoms with Crippen LogP contribution in [0.1, 0.15) is 56.4 Å². The monoisotopic (exact) mass is 392 g/mol. The number of hydrogen-bond donors (Lipinski definition) is 1. The van der Waals surface area contributed by atoms with Crippen LogP contribution in [-0.4, -0.2) is 51.6 Å². The van der Waals surface area contributed by atoms with Crippen LogP contribution in [-0.2, 0) is 6.54 Å². The van der Waals surface area contributed by atoms with E-state index in [1.165, 1.54) is 4.90 Å². The number of likely N-dealkylation sites (tertiary alicyclic amines) is 1. The van der Waals surface area contributed by atoms with Crippen LogP contribution >= 0.6 is 0 Å². The van der Waals surface area contributed by atoms with Gasteiger partial charge in [-0.2, -0.15) is 0 Å². The Bertz CT molecular complexity index is 950. The fraction of sp³-hybridized carbons (Fsp3) is 0.364. The number of aromatic nitrogens is 1. The molecule has 0 spiro atoms. The summed E-state index contributed by atoms with van der Waals surface area (Å²) in [6.07, 6.45) is 5.01. The zero-order valence-electron chi connectivity index (χ0n) is 16.4. The third-order valence-electron chi connectivity index (χ3n) is 5.88. The molecule has 2 aliphatic rings. The highest BCUT2D eigenvalue weighted by molar-refractivity contribution is 6.22. The number of carbonyl (C=O) groups excluding carboxylic acids is 3. The maximum atomic E-state index is 12.9. The van der Waals surface area contributed by atoms with E-state index in [-0.39, 0.29) is 30.3 Å². The Morgan fingerprint density at radius 1 is 1.10 bits per heavy atom. The molecule has 1 aromatic heterocycles. The van der Waals surface area contributed by atoms with Gasteiger partial charge in [-0.15, -0.1) is 0 Å². The number of hydrogen-bond acceptors (Lipinski definition) is 5. The molecule has 3 heterocycles. The summed E-state index contributed by atoms with van der Waals surface area (Å²) < 4.78 is 0. The van der Waals surface area contributed by atoms with Gasteiger partial charge in [-0.25, -0.2) is 0 Å². The molecule has 2 N–H and O–H groups in total. The lowest BCUT2D eigenvalue weighted by Crippen LogP contribution is -2.42. The lowest BCUT2D eigenvalue weighted by atomic mass is 9.90. The molecule has 0 saturated carbocycles. The molecule has 2 aromatic rings. The Hall–Kier alpha value is -3.06. The molecule has 1 unspecified atom stereocenters. The summed E-state index contributed by atoms with van der Waals surface area (Å²) in [5.74, 6) is -0.380. The molecule has 4 rings (SSSR count). The molecule has 3 amide bonds. The summed E-state index contributed by atoms with van der Waals surface area (Å²) >= 11 is 0. The highest BCUT2D eigenvalue weighted by Crippen LogP contribution is 2.27. The Balaban J connectivity index is 1.51. The van der Waals surface area contributed by atoms with Gasteiger partial charge in [0.2, 0.25) is 0 Å². The number of nitrogens with two attached hydrogens (primary N) is 1. The van der Waals surface area contributed by atoms with E-state index < -0.39 is 0 Å². The fourth-order valence-electron chi connectivity index (χ4n) is 4.05. The van der Waals surface area contributed by atoms with Crippen molar-refractivity contribution in [2.24, 2.45) is 11.7 Å².